The van der Waals surface area contributed by atoms with Crippen molar-refractivity contribution in [1.29, 1.82) is 0 Å². The van der Waals surface area contributed by atoms with Crippen LogP contribution in [0.15, 0.2) is 12.2 Å². The number of hydrogen-bond donors (Lipinski definition) is 2. The molecule has 2 N–H and O–H groups in total. The van der Waals surface area contributed by atoms with Gasteiger partial charge in [-0.1, -0.05) is 12.5 Å². The molecule has 1 rings (SSSR count). The minimum Gasteiger partial charge on any atom is -0.478 e. The molecule has 1 aliphatic rings. The molecule has 1 unspecified atom stereocenters. The van der Waals surface area contributed by atoms with Crippen LogP contribution >= 0.6 is 0 Å². The second-order valence-electron chi connectivity index (χ2n) is 2.75. The molecule has 0 spiro atoms. The summed E-state index contributed by atoms with van der Waals surface area (Å²) in [5.74, 6) is -0.864. The van der Waals surface area contributed by atoms with Crippen LogP contribution in [0.5, 0.6) is 0 Å². The molecule has 0 amide bonds. The summed E-state index contributed by atoms with van der Waals surface area (Å²) in [6.07, 6.45) is 6.40. The minimum atomic E-state index is -0.864. The van der Waals surface area contributed by atoms with Gasteiger partial charge in [-0.25, -0.2) is 4.79 Å². The molecule has 1 fully saturated rings. The predicted octanol–water partition coefficient (Wildman–Crippen LogP) is 0.769. The Labute approximate surface area is 66.1 Å². The molecule has 1 atom stereocenters. The summed E-state index contributed by atoms with van der Waals surface area (Å²) in [6.45, 7) is 1.01. The standard InChI is InChI=1S/C8H13NO2/c10-8(11)5-4-7-3-1-2-6-9-7/h4-5,7,9H,1-3,6H2,(H,10,11)/b5-4-. The lowest BCUT2D eigenvalue weighted by atomic mass is 10.0. The molecule has 1 heterocycles. The van der Waals surface area contributed by atoms with Crippen molar-refractivity contribution in [2.45, 2.75) is 25.3 Å². The Morgan fingerprint density at radius 1 is 1.55 bits per heavy atom. The minimum absolute atomic E-state index is 0.278. The van der Waals surface area contributed by atoms with E-state index in [1.165, 1.54) is 18.9 Å². The summed E-state index contributed by atoms with van der Waals surface area (Å²) in [5, 5.41) is 11.6. The first kappa shape index (κ1) is 8.27. The van der Waals surface area contributed by atoms with Gasteiger partial charge in [0.25, 0.3) is 0 Å². The van der Waals surface area contributed by atoms with Gasteiger partial charge in [-0.05, 0) is 19.4 Å². The summed E-state index contributed by atoms with van der Waals surface area (Å²) in [4.78, 5) is 10.1. The SMILES string of the molecule is O=C(O)/C=C\C1CCCCN1. The third-order valence-corrected chi connectivity index (χ3v) is 1.82. The first-order valence-electron chi connectivity index (χ1n) is 3.93. The van der Waals surface area contributed by atoms with E-state index in [-0.39, 0.29) is 6.04 Å². The Bertz CT molecular complexity index is 159. The van der Waals surface area contributed by atoms with Crippen molar-refractivity contribution in [2.24, 2.45) is 0 Å². The smallest absolute Gasteiger partial charge is 0.328 e. The number of hydrogen-bond acceptors (Lipinski definition) is 2. The van der Waals surface area contributed by atoms with Crippen molar-refractivity contribution in [3.05, 3.63) is 12.2 Å². The number of carboxylic acids is 1. The van der Waals surface area contributed by atoms with Crippen LogP contribution in [0.2, 0.25) is 0 Å². The number of nitrogens with one attached hydrogen (secondary N) is 1. The second-order valence-corrected chi connectivity index (χ2v) is 2.75. The van der Waals surface area contributed by atoms with Crippen LogP contribution in [-0.2, 0) is 4.79 Å². The Hall–Kier alpha value is -0.830. The highest BCUT2D eigenvalue weighted by Gasteiger charge is 2.08. The zero-order chi connectivity index (χ0) is 8.10. The summed E-state index contributed by atoms with van der Waals surface area (Å²) in [6, 6.07) is 0.278. The van der Waals surface area contributed by atoms with Gasteiger partial charge < -0.3 is 10.4 Å². The normalized spacial score (nSPS) is 25.6. The highest BCUT2D eigenvalue weighted by molar-refractivity contribution is 5.79. The first-order chi connectivity index (χ1) is 5.29. The van der Waals surface area contributed by atoms with Gasteiger partial charge >= 0.3 is 5.97 Å². The fourth-order valence-electron chi connectivity index (χ4n) is 1.24. The highest BCUT2D eigenvalue weighted by atomic mass is 16.4. The lowest BCUT2D eigenvalue weighted by Gasteiger charge is -2.19. The van der Waals surface area contributed by atoms with Crippen molar-refractivity contribution in [2.75, 3.05) is 6.54 Å². The average molecular weight is 155 g/mol. The van der Waals surface area contributed by atoms with E-state index in [9.17, 15) is 4.79 Å². The molecular weight excluding hydrogens is 142 g/mol. The molecule has 3 nitrogen and oxygen atoms in total. The van der Waals surface area contributed by atoms with Gasteiger partial charge in [-0.2, -0.15) is 0 Å². The molecule has 0 saturated carbocycles. The maximum absolute atomic E-state index is 10.1. The summed E-state index contributed by atoms with van der Waals surface area (Å²) < 4.78 is 0. The predicted molar refractivity (Wildman–Crippen MR) is 42.4 cm³/mol. The number of rotatable bonds is 2. The van der Waals surface area contributed by atoms with E-state index in [4.69, 9.17) is 5.11 Å². The van der Waals surface area contributed by atoms with Gasteiger partial charge in [0.05, 0.1) is 0 Å². The van der Waals surface area contributed by atoms with Crippen LogP contribution in [-0.4, -0.2) is 23.7 Å². The van der Waals surface area contributed by atoms with Crippen LogP contribution in [0, 0.1) is 0 Å². The van der Waals surface area contributed by atoms with E-state index >= 15 is 0 Å². The fraction of sp³-hybridized carbons (Fsp3) is 0.625. The second kappa shape index (κ2) is 4.13. The molecule has 0 aromatic rings. The number of carbonyl (C=O) groups is 1. The van der Waals surface area contributed by atoms with E-state index in [1.54, 1.807) is 6.08 Å². The summed E-state index contributed by atoms with van der Waals surface area (Å²) >= 11 is 0. The quantitative estimate of drug-likeness (QED) is 0.579. The van der Waals surface area contributed by atoms with E-state index in [2.05, 4.69) is 5.32 Å². The summed E-state index contributed by atoms with van der Waals surface area (Å²) in [5.41, 5.74) is 0. The van der Waals surface area contributed by atoms with Gasteiger partial charge in [-0.15, -0.1) is 0 Å². The van der Waals surface area contributed by atoms with Crippen molar-refractivity contribution < 1.29 is 9.90 Å². The molecular formula is C8H13NO2. The zero-order valence-corrected chi connectivity index (χ0v) is 6.42. The third kappa shape index (κ3) is 3.18. The Kier molecular flexibility index (Phi) is 3.11. The lowest BCUT2D eigenvalue weighted by Crippen LogP contribution is -2.32. The van der Waals surface area contributed by atoms with Crippen LogP contribution in [0.25, 0.3) is 0 Å². The Morgan fingerprint density at radius 3 is 2.91 bits per heavy atom. The number of carboxylic acid groups (broad SMARTS) is 1. The molecule has 0 bridgehead atoms. The molecule has 0 aliphatic carbocycles. The number of aliphatic carboxylic acids is 1. The Morgan fingerprint density at radius 2 is 2.36 bits per heavy atom. The zero-order valence-electron chi connectivity index (χ0n) is 6.42. The van der Waals surface area contributed by atoms with E-state index in [1.807, 2.05) is 0 Å². The third-order valence-electron chi connectivity index (χ3n) is 1.82. The molecule has 1 saturated heterocycles. The first-order valence-corrected chi connectivity index (χ1v) is 3.93. The van der Waals surface area contributed by atoms with Crippen LogP contribution in [0.4, 0.5) is 0 Å². The topological polar surface area (TPSA) is 49.3 Å². The Balaban J connectivity index is 2.29. The van der Waals surface area contributed by atoms with Gasteiger partial charge in [0.2, 0.25) is 0 Å². The molecule has 1 aliphatic heterocycles. The highest BCUT2D eigenvalue weighted by Crippen LogP contribution is 2.07. The molecule has 11 heavy (non-hydrogen) atoms. The van der Waals surface area contributed by atoms with E-state index < -0.39 is 5.97 Å². The van der Waals surface area contributed by atoms with E-state index in [0.29, 0.717) is 0 Å². The largest absolute Gasteiger partial charge is 0.478 e. The lowest BCUT2D eigenvalue weighted by molar-refractivity contribution is -0.131. The van der Waals surface area contributed by atoms with Crippen molar-refractivity contribution in [3.63, 3.8) is 0 Å². The van der Waals surface area contributed by atoms with Crippen LogP contribution in [0.3, 0.4) is 0 Å². The monoisotopic (exact) mass is 155 g/mol. The fourth-order valence-corrected chi connectivity index (χ4v) is 1.24. The van der Waals surface area contributed by atoms with Crippen LogP contribution in [0.1, 0.15) is 19.3 Å². The van der Waals surface area contributed by atoms with Gasteiger partial charge in [0.15, 0.2) is 0 Å². The van der Waals surface area contributed by atoms with Crippen molar-refractivity contribution in [3.8, 4) is 0 Å². The maximum atomic E-state index is 10.1. The van der Waals surface area contributed by atoms with E-state index in [0.717, 1.165) is 13.0 Å². The van der Waals surface area contributed by atoms with Crippen LogP contribution < -0.4 is 5.32 Å². The molecule has 0 radical (unpaired) electrons. The van der Waals surface area contributed by atoms with Gasteiger partial charge in [0.1, 0.15) is 0 Å². The summed E-state index contributed by atoms with van der Waals surface area (Å²) in [7, 11) is 0. The average Bonchev–Trinajstić information content (AvgIpc) is 2.03. The van der Waals surface area contributed by atoms with Crippen molar-refractivity contribution >= 4 is 5.97 Å². The molecule has 62 valence electrons. The maximum Gasteiger partial charge on any atom is 0.328 e. The molecule has 0 aromatic carbocycles. The molecule has 0 aromatic heterocycles. The number of piperidine rings is 1. The van der Waals surface area contributed by atoms with Gasteiger partial charge in [0, 0.05) is 12.1 Å². The van der Waals surface area contributed by atoms with Gasteiger partial charge in [-0.3, -0.25) is 0 Å². The van der Waals surface area contributed by atoms with Crippen molar-refractivity contribution in [1.82, 2.24) is 5.32 Å². The molecule has 3 heteroatoms.